The number of aliphatic carboxylic acids is 1. The number of carbonyl (C=O) groups is 2. The molecule has 1 aliphatic heterocycles. The van der Waals surface area contributed by atoms with Gasteiger partial charge in [-0.1, -0.05) is 0 Å². The lowest BCUT2D eigenvalue weighted by Crippen LogP contribution is -2.48. The maximum absolute atomic E-state index is 13.2. The first-order chi connectivity index (χ1) is 10.3. The van der Waals surface area contributed by atoms with Gasteiger partial charge in [-0.05, 0) is 38.0 Å². The molecule has 2 aliphatic rings. The van der Waals surface area contributed by atoms with Gasteiger partial charge >= 0.3 is 12.1 Å². The Morgan fingerprint density at radius 1 is 1.27 bits per heavy atom. The highest BCUT2D eigenvalue weighted by Gasteiger charge is 2.39. The average molecular weight is 319 g/mol. The van der Waals surface area contributed by atoms with E-state index in [1.165, 1.54) is 7.11 Å². The van der Waals surface area contributed by atoms with Crippen LogP contribution in [-0.4, -0.2) is 47.7 Å². The van der Waals surface area contributed by atoms with Crippen LogP contribution in [0.25, 0.3) is 0 Å². The van der Waals surface area contributed by atoms with Crippen molar-refractivity contribution in [3.8, 4) is 0 Å². The Hall–Kier alpha value is -1.40. The lowest BCUT2D eigenvalue weighted by atomic mass is 9.79. The van der Waals surface area contributed by atoms with Crippen LogP contribution in [-0.2, 0) is 9.53 Å². The Balaban J connectivity index is 1.99. The van der Waals surface area contributed by atoms with E-state index in [-0.39, 0.29) is 24.8 Å². The van der Waals surface area contributed by atoms with Gasteiger partial charge in [0.25, 0.3) is 0 Å². The third kappa shape index (κ3) is 4.08. The third-order valence-corrected chi connectivity index (χ3v) is 4.92. The average Bonchev–Trinajstić information content (AvgIpc) is 2.48. The molecule has 0 aromatic heterocycles. The molecule has 1 heterocycles. The van der Waals surface area contributed by atoms with E-state index >= 15 is 0 Å². The monoisotopic (exact) mass is 319 g/mol. The van der Waals surface area contributed by atoms with Gasteiger partial charge in [0.05, 0.1) is 13.0 Å². The zero-order valence-corrected chi connectivity index (χ0v) is 12.8. The molecule has 1 N–H and O–H groups in total. The van der Waals surface area contributed by atoms with Crippen molar-refractivity contribution in [3.05, 3.63) is 0 Å². The Morgan fingerprint density at radius 2 is 1.91 bits per heavy atom. The Labute approximate surface area is 128 Å². The minimum absolute atomic E-state index is 0.115. The van der Waals surface area contributed by atoms with Gasteiger partial charge in [-0.25, -0.2) is 13.6 Å². The molecule has 22 heavy (non-hydrogen) atoms. The fourth-order valence-electron chi connectivity index (χ4n) is 3.58. The summed E-state index contributed by atoms with van der Waals surface area (Å²) < 4.78 is 31.2. The second kappa shape index (κ2) is 6.79. The van der Waals surface area contributed by atoms with Crippen LogP contribution in [0.2, 0.25) is 0 Å². The number of hydrogen-bond acceptors (Lipinski definition) is 3. The maximum Gasteiger partial charge on any atom is 0.409 e. The normalized spacial score (nSPS) is 29.1. The molecule has 126 valence electrons. The number of likely N-dealkylation sites (tertiary alicyclic amines) is 1. The molecule has 0 spiro atoms. The highest BCUT2D eigenvalue weighted by molar-refractivity contribution is 5.72. The number of carboxylic acids is 1. The molecule has 0 aromatic rings. The van der Waals surface area contributed by atoms with Crippen LogP contribution in [0.5, 0.6) is 0 Å². The first-order valence-electron chi connectivity index (χ1n) is 7.77. The summed E-state index contributed by atoms with van der Waals surface area (Å²) in [5, 5.41) is 9.18. The summed E-state index contributed by atoms with van der Waals surface area (Å²) >= 11 is 0. The fourth-order valence-corrected chi connectivity index (χ4v) is 3.58. The van der Waals surface area contributed by atoms with Crippen molar-refractivity contribution in [2.75, 3.05) is 13.7 Å². The van der Waals surface area contributed by atoms with Crippen LogP contribution >= 0.6 is 0 Å². The molecule has 1 saturated heterocycles. The van der Waals surface area contributed by atoms with Crippen LogP contribution in [0.3, 0.4) is 0 Å². The van der Waals surface area contributed by atoms with E-state index in [0.29, 0.717) is 38.6 Å². The van der Waals surface area contributed by atoms with Gasteiger partial charge in [0.1, 0.15) is 0 Å². The Kier molecular flexibility index (Phi) is 5.24. The lowest BCUT2D eigenvalue weighted by molar-refractivity contribution is -0.144. The molecule has 2 unspecified atom stereocenters. The predicted octanol–water partition coefficient (Wildman–Crippen LogP) is 3.13. The van der Waals surface area contributed by atoms with Gasteiger partial charge in [-0.15, -0.1) is 0 Å². The largest absolute Gasteiger partial charge is 0.481 e. The molecular weight excluding hydrogens is 296 g/mol. The van der Waals surface area contributed by atoms with E-state index in [4.69, 9.17) is 4.74 Å². The molecule has 1 aliphatic carbocycles. The van der Waals surface area contributed by atoms with Crippen molar-refractivity contribution in [3.63, 3.8) is 0 Å². The molecule has 0 bridgehead atoms. The van der Waals surface area contributed by atoms with Crippen LogP contribution in [0.1, 0.15) is 44.9 Å². The minimum Gasteiger partial charge on any atom is -0.481 e. The van der Waals surface area contributed by atoms with Gasteiger partial charge < -0.3 is 14.7 Å². The number of nitrogens with zero attached hydrogens (tertiary/aromatic N) is 1. The number of ether oxygens (including phenoxy) is 1. The van der Waals surface area contributed by atoms with Crippen molar-refractivity contribution in [2.45, 2.75) is 56.9 Å². The molecule has 7 heteroatoms. The van der Waals surface area contributed by atoms with E-state index in [9.17, 15) is 23.5 Å². The molecular formula is C15H23F2NO4. The Bertz CT molecular complexity index is 420. The SMILES string of the molecule is COC(=O)N1CCC(C(=O)O)CC1CC1CCC(F)(F)CC1. The van der Waals surface area contributed by atoms with E-state index in [1.807, 2.05) is 0 Å². The van der Waals surface area contributed by atoms with E-state index in [1.54, 1.807) is 4.90 Å². The minimum atomic E-state index is -2.57. The van der Waals surface area contributed by atoms with Gasteiger partial charge in [0, 0.05) is 25.4 Å². The van der Waals surface area contributed by atoms with Gasteiger partial charge in [-0.3, -0.25) is 4.79 Å². The summed E-state index contributed by atoms with van der Waals surface area (Å²) in [5.74, 6) is -3.79. The highest BCUT2D eigenvalue weighted by Crippen LogP contribution is 2.39. The summed E-state index contributed by atoms with van der Waals surface area (Å²) in [6, 6.07) is -0.237. The second-order valence-corrected chi connectivity index (χ2v) is 6.41. The Morgan fingerprint density at radius 3 is 2.45 bits per heavy atom. The van der Waals surface area contributed by atoms with Crippen LogP contribution < -0.4 is 0 Å². The zero-order valence-electron chi connectivity index (χ0n) is 12.8. The lowest BCUT2D eigenvalue weighted by Gasteiger charge is -2.40. The number of amides is 1. The zero-order chi connectivity index (χ0) is 16.3. The van der Waals surface area contributed by atoms with Crippen LogP contribution in [0, 0.1) is 11.8 Å². The number of hydrogen-bond donors (Lipinski definition) is 1. The number of piperidine rings is 1. The van der Waals surface area contributed by atoms with E-state index in [2.05, 4.69) is 0 Å². The number of alkyl halides is 2. The number of carbonyl (C=O) groups excluding carboxylic acids is 1. The number of methoxy groups -OCH3 is 1. The van der Waals surface area contributed by atoms with E-state index < -0.39 is 23.9 Å². The number of halogens is 2. The molecule has 2 fully saturated rings. The second-order valence-electron chi connectivity index (χ2n) is 6.41. The number of carboxylic acid groups (broad SMARTS) is 1. The molecule has 5 nitrogen and oxygen atoms in total. The van der Waals surface area contributed by atoms with Gasteiger partial charge in [0.2, 0.25) is 5.92 Å². The highest BCUT2D eigenvalue weighted by atomic mass is 19.3. The summed E-state index contributed by atoms with van der Waals surface area (Å²) in [4.78, 5) is 24.6. The van der Waals surface area contributed by atoms with Crippen LogP contribution in [0.15, 0.2) is 0 Å². The predicted molar refractivity (Wildman–Crippen MR) is 74.8 cm³/mol. The van der Waals surface area contributed by atoms with Crippen molar-refractivity contribution in [1.29, 1.82) is 0 Å². The standard InChI is InChI=1S/C15H23F2NO4/c1-22-14(21)18-7-4-11(13(19)20)9-12(18)8-10-2-5-15(16,17)6-3-10/h10-12H,2-9H2,1H3,(H,19,20). The maximum atomic E-state index is 13.2. The van der Waals surface area contributed by atoms with Crippen molar-refractivity contribution < 1.29 is 28.2 Å². The van der Waals surface area contributed by atoms with Crippen molar-refractivity contribution in [2.24, 2.45) is 11.8 Å². The summed E-state index contributed by atoms with van der Waals surface area (Å²) in [6.45, 7) is 0.344. The van der Waals surface area contributed by atoms with Gasteiger partial charge in [0.15, 0.2) is 0 Å². The summed E-state index contributed by atoms with van der Waals surface area (Å²) in [5.41, 5.74) is 0. The van der Waals surface area contributed by atoms with Gasteiger partial charge in [-0.2, -0.15) is 0 Å². The smallest absolute Gasteiger partial charge is 0.409 e. The quantitative estimate of drug-likeness (QED) is 0.868. The van der Waals surface area contributed by atoms with E-state index in [0.717, 1.165) is 0 Å². The first-order valence-corrected chi connectivity index (χ1v) is 7.77. The molecule has 1 saturated carbocycles. The first kappa shape index (κ1) is 17.0. The summed E-state index contributed by atoms with van der Waals surface area (Å²) in [7, 11) is 1.30. The topological polar surface area (TPSA) is 66.8 Å². The third-order valence-electron chi connectivity index (χ3n) is 4.92. The molecule has 0 aromatic carbocycles. The molecule has 0 radical (unpaired) electrons. The fraction of sp³-hybridized carbons (Fsp3) is 0.867. The van der Waals surface area contributed by atoms with Crippen molar-refractivity contribution in [1.82, 2.24) is 4.90 Å². The molecule has 1 amide bonds. The molecule has 2 atom stereocenters. The van der Waals surface area contributed by atoms with Crippen molar-refractivity contribution >= 4 is 12.1 Å². The summed E-state index contributed by atoms with van der Waals surface area (Å²) in [6.07, 6.45) is 1.51. The molecule has 2 rings (SSSR count). The number of rotatable bonds is 3. The van der Waals surface area contributed by atoms with Crippen LogP contribution in [0.4, 0.5) is 13.6 Å².